The average Bonchev–Trinajstić information content (AvgIpc) is 3.22. The van der Waals surface area contributed by atoms with E-state index in [1.54, 1.807) is 0 Å². The number of nitrogen functional groups attached to an aromatic ring is 1. The van der Waals surface area contributed by atoms with Crippen LogP contribution in [0.1, 0.15) is 29.6 Å². The number of rotatable bonds is 8. The molecule has 0 aliphatic carbocycles. The van der Waals surface area contributed by atoms with E-state index in [1.165, 1.54) is 0 Å². The molecule has 0 bridgehead atoms. The minimum Gasteiger partial charge on any atom is -0.394 e. The molecule has 1 fully saturated rings. The summed E-state index contributed by atoms with van der Waals surface area (Å²) in [6, 6.07) is -1.30. The Morgan fingerprint density at radius 3 is 2.50 bits per heavy atom. The van der Waals surface area contributed by atoms with Gasteiger partial charge in [-0.25, -0.2) is 4.68 Å². The highest BCUT2D eigenvalue weighted by Gasteiger charge is 2.45. The molecule has 1 unspecified atom stereocenters. The third-order valence-corrected chi connectivity index (χ3v) is 4.88. The molecule has 2 aromatic rings. The molecule has 174 valence electrons. The summed E-state index contributed by atoms with van der Waals surface area (Å²) in [5, 5.41) is 35.5. The normalized spacial score (nSPS) is 23.8. The summed E-state index contributed by atoms with van der Waals surface area (Å²) in [6.45, 7) is -0.627. The molecule has 16 heteroatoms. The highest BCUT2D eigenvalue weighted by Crippen LogP contribution is 2.31. The van der Waals surface area contributed by atoms with Crippen molar-refractivity contribution >= 4 is 34.7 Å². The zero-order chi connectivity index (χ0) is 23.7. The van der Waals surface area contributed by atoms with Crippen molar-refractivity contribution in [3.63, 3.8) is 0 Å². The minimum atomic E-state index is -1.59. The molecule has 32 heavy (non-hydrogen) atoms. The Labute approximate surface area is 178 Å². The number of aromatic amines is 1. The van der Waals surface area contributed by atoms with Crippen molar-refractivity contribution in [2.24, 2.45) is 11.5 Å². The number of amides is 3. The van der Waals surface area contributed by atoms with Gasteiger partial charge in [-0.15, -0.1) is 0 Å². The molecule has 11 N–H and O–H groups in total. The third kappa shape index (κ3) is 4.24. The van der Waals surface area contributed by atoms with Crippen LogP contribution in [0, 0.1) is 0 Å². The van der Waals surface area contributed by atoms with Crippen LogP contribution in [0.4, 0.5) is 5.95 Å². The smallest absolute Gasteiger partial charge is 0.273 e. The summed E-state index contributed by atoms with van der Waals surface area (Å²) >= 11 is 0. The van der Waals surface area contributed by atoms with Crippen molar-refractivity contribution in [1.82, 2.24) is 25.1 Å². The van der Waals surface area contributed by atoms with E-state index in [0.29, 0.717) is 0 Å². The number of aromatic nitrogens is 4. The van der Waals surface area contributed by atoms with Gasteiger partial charge in [0.05, 0.1) is 6.61 Å². The molecule has 16 nitrogen and oxygen atoms in total. The van der Waals surface area contributed by atoms with E-state index in [-0.39, 0.29) is 29.8 Å². The van der Waals surface area contributed by atoms with E-state index in [2.05, 4.69) is 20.4 Å². The second-order valence-electron chi connectivity index (χ2n) is 7.11. The number of H-pyrrole nitrogens is 1. The molecule has 1 aliphatic rings. The largest absolute Gasteiger partial charge is 0.394 e. The van der Waals surface area contributed by atoms with Gasteiger partial charge >= 0.3 is 0 Å². The van der Waals surface area contributed by atoms with Gasteiger partial charge in [0.25, 0.3) is 11.5 Å². The molecular formula is C16H22N8O8. The van der Waals surface area contributed by atoms with Gasteiger partial charge in [-0.3, -0.25) is 24.2 Å². The molecular weight excluding hydrogens is 432 g/mol. The highest BCUT2D eigenvalue weighted by atomic mass is 16.6. The van der Waals surface area contributed by atoms with Crippen LogP contribution in [0.2, 0.25) is 0 Å². The second-order valence-corrected chi connectivity index (χ2v) is 7.11. The van der Waals surface area contributed by atoms with Gasteiger partial charge in [-0.1, -0.05) is 0 Å². The lowest BCUT2D eigenvalue weighted by molar-refractivity contribution is -0.120. The molecule has 3 heterocycles. The molecule has 1 saturated heterocycles. The zero-order valence-electron chi connectivity index (χ0n) is 16.5. The Hall–Kier alpha value is -3.60. The van der Waals surface area contributed by atoms with Crippen LogP contribution in [-0.2, 0) is 14.3 Å². The van der Waals surface area contributed by atoms with E-state index >= 15 is 0 Å². The molecule has 3 rings (SSSR count). The molecule has 0 radical (unpaired) electrons. The zero-order valence-corrected chi connectivity index (χ0v) is 16.5. The number of nitrogens with zero attached hydrogens (tertiary/aromatic N) is 3. The molecule has 5 atom stereocenters. The summed E-state index contributed by atoms with van der Waals surface area (Å²) in [5.74, 6) is -3.03. The lowest BCUT2D eigenvalue weighted by Crippen LogP contribution is -2.45. The first-order chi connectivity index (χ1) is 15.0. The van der Waals surface area contributed by atoms with Crippen LogP contribution in [0.15, 0.2) is 4.79 Å². The maximum Gasteiger partial charge on any atom is 0.273 e. The van der Waals surface area contributed by atoms with Gasteiger partial charge in [0, 0.05) is 6.42 Å². The summed E-state index contributed by atoms with van der Waals surface area (Å²) < 4.78 is 6.25. The van der Waals surface area contributed by atoms with Gasteiger partial charge < -0.3 is 42.6 Å². The van der Waals surface area contributed by atoms with Crippen LogP contribution in [0.5, 0.6) is 0 Å². The van der Waals surface area contributed by atoms with E-state index in [4.69, 9.17) is 21.9 Å². The van der Waals surface area contributed by atoms with Gasteiger partial charge in [-0.05, 0) is 6.42 Å². The SMILES string of the molecule is NC(=O)CC[C@H](NC(=O)c1nn(C2O[C@H](CO)[C@@H](O)[C@H]2O)c2nc(N)[nH]c(=O)c12)C(N)=O. The fourth-order valence-corrected chi connectivity index (χ4v) is 3.28. The Morgan fingerprint density at radius 2 is 1.94 bits per heavy atom. The average molecular weight is 454 g/mol. The number of anilines is 1. The number of aliphatic hydroxyl groups excluding tert-OH is 3. The number of carbonyl (C=O) groups is 3. The van der Waals surface area contributed by atoms with Crippen LogP contribution < -0.4 is 28.1 Å². The van der Waals surface area contributed by atoms with Crippen molar-refractivity contribution < 1.29 is 34.4 Å². The topological polar surface area (TPSA) is 275 Å². The summed E-state index contributed by atoms with van der Waals surface area (Å²) in [4.78, 5) is 54.1. The summed E-state index contributed by atoms with van der Waals surface area (Å²) in [6.07, 6.45) is -6.12. The maximum absolute atomic E-state index is 12.8. The number of aliphatic hydroxyl groups is 3. The van der Waals surface area contributed by atoms with Crippen LogP contribution in [-0.4, -0.2) is 83.8 Å². The van der Waals surface area contributed by atoms with Crippen molar-refractivity contribution in [3.8, 4) is 0 Å². The number of hydrogen-bond donors (Lipinski definition) is 8. The highest BCUT2D eigenvalue weighted by molar-refractivity contribution is 6.05. The molecule has 3 amide bonds. The quantitative estimate of drug-likeness (QED) is 0.187. The molecule has 2 aromatic heterocycles. The maximum atomic E-state index is 12.8. The van der Waals surface area contributed by atoms with Crippen LogP contribution in [0.25, 0.3) is 11.0 Å². The molecule has 0 spiro atoms. The fourth-order valence-electron chi connectivity index (χ4n) is 3.28. The first-order valence-corrected chi connectivity index (χ1v) is 9.34. The van der Waals surface area contributed by atoms with Crippen LogP contribution >= 0.6 is 0 Å². The van der Waals surface area contributed by atoms with Gasteiger partial charge in [0.2, 0.25) is 17.8 Å². The summed E-state index contributed by atoms with van der Waals surface area (Å²) in [5.41, 5.74) is 14.2. The monoisotopic (exact) mass is 454 g/mol. The second kappa shape index (κ2) is 8.87. The number of nitrogens with two attached hydrogens (primary N) is 3. The molecule has 0 saturated carbocycles. The van der Waals surface area contributed by atoms with E-state index in [0.717, 1.165) is 4.68 Å². The van der Waals surface area contributed by atoms with Crippen molar-refractivity contribution in [1.29, 1.82) is 0 Å². The predicted octanol–water partition coefficient (Wildman–Crippen LogP) is -4.84. The number of fused-ring (bicyclic) bond motifs is 1. The number of hydrogen-bond acceptors (Lipinski definition) is 11. The first kappa shape index (κ1) is 23.1. The lowest BCUT2D eigenvalue weighted by atomic mass is 10.1. The number of ether oxygens (including phenoxy) is 1. The van der Waals surface area contributed by atoms with Gasteiger partial charge in [0.15, 0.2) is 17.6 Å². The van der Waals surface area contributed by atoms with E-state index in [1.807, 2.05) is 0 Å². The Bertz CT molecular complexity index is 1110. The Balaban J connectivity index is 2.04. The Morgan fingerprint density at radius 1 is 1.25 bits per heavy atom. The fraction of sp³-hybridized carbons (Fsp3) is 0.500. The standard InChI is InChI=1S/C16H22N8O8/c17-6(26)2-1-4(11(18)29)20-14(31)8-7-12(21-16(19)22-13(7)30)24(23-8)15-10(28)9(27)5(3-25)32-15/h4-5,9-10,15,25,27-28H,1-3H2,(H2,17,26)(H2,18,29)(H,20,31)(H3,19,21,22,30)/t4-,5+,9+,10+,15?/m0/s1. The Kier molecular flexibility index (Phi) is 6.40. The third-order valence-electron chi connectivity index (χ3n) is 4.88. The number of primary amides is 2. The minimum absolute atomic E-state index is 0.189. The van der Waals surface area contributed by atoms with Crippen molar-refractivity contribution in [3.05, 3.63) is 16.0 Å². The molecule has 1 aliphatic heterocycles. The van der Waals surface area contributed by atoms with Gasteiger partial charge in [-0.2, -0.15) is 10.1 Å². The number of nitrogens with one attached hydrogen (secondary N) is 2. The predicted molar refractivity (Wildman–Crippen MR) is 104 cm³/mol. The summed E-state index contributed by atoms with van der Waals surface area (Å²) in [7, 11) is 0. The first-order valence-electron chi connectivity index (χ1n) is 9.34. The molecule has 0 aromatic carbocycles. The van der Waals surface area contributed by atoms with Crippen molar-refractivity contribution in [2.45, 2.75) is 43.4 Å². The van der Waals surface area contributed by atoms with Gasteiger partial charge in [0.1, 0.15) is 29.7 Å². The van der Waals surface area contributed by atoms with E-state index in [9.17, 15) is 34.5 Å². The van der Waals surface area contributed by atoms with Crippen molar-refractivity contribution in [2.75, 3.05) is 12.3 Å². The number of carbonyl (C=O) groups excluding carboxylic acids is 3. The van der Waals surface area contributed by atoms with Crippen LogP contribution in [0.3, 0.4) is 0 Å². The lowest BCUT2D eigenvalue weighted by Gasteiger charge is -2.15. The van der Waals surface area contributed by atoms with E-state index < -0.39 is 66.2 Å².